The number of alkyl halides is 2. The van der Waals surface area contributed by atoms with E-state index in [2.05, 4.69) is 4.74 Å². The molecule has 1 N–H and O–H groups in total. The van der Waals surface area contributed by atoms with Crippen LogP contribution in [-0.2, 0) is 14.3 Å². The Morgan fingerprint density at radius 3 is 2.28 bits per heavy atom. The maximum atomic E-state index is 11.8. The minimum atomic E-state index is -2.57. The molecule has 0 aliphatic heterocycles. The van der Waals surface area contributed by atoms with E-state index in [4.69, 9.17) is 5.11 Å². The highest BCUT2D eigenvalue weighted by Crippen LogP contribution is 2.14. The van der Waals surface area contributed by atoms with Gasteiger partial charge in [-0.15, -0.1) is 0 Å². The van der Waals surface area contributed by atoms with E-state index in [0.717, 1.165) is 0 Å². The summed E-state index contributed by atoms with van der Waals surface area (Å²) in [5, 5.41) is 8.72. The Morgan fingerprint density at radius 2 is 1.89 bits per heavy atom. The molecule has 0 aliphatic carbocycles. The van der Waals surface area contributed by atoms with Gasteiger partial charge < -0.3 is 14.7 Å². The molecule has 106 valence electrons. The van der Waals surface area contributed by atoms with Crippen molar-refractivity contribution in [1.29, 1.82) is 0 Å². The lowest BCUT2D eigenvalue weighted by Gasteiger charge is -2.34. The number of hydrogen-bond donors (Lipinski definition) is 1. The molecule has 0 bridgehead atoms. The molecule has 0 heterocycles. The zero-order chi connectivity index (χ0) is 14.3. The van der Waals surface area contributed by atoms with E-state index in [1.54, 1.807) is 20.8 Å². The molecule has 0 spiro atoms. The summed E-state index contributed by atoms with van der Waals surface area (Å²) in [6.45, 7) is 3.82. The number of aliphatic carboxylic acids is 1. The molecule has 0 unspecified atom stereocenters. The number of carboxylic acids is 1. The lowest BCUT2D eigenvalue weighted by Crippen LogP contribution is -2.48. The van der Waals surface area contributed by atoms with Crippen LogP contribution in [0.1, 0.15) is 27.2 Å². The van der Waals surface area contributed by atoms with Gasteiger partial charge in [-0.3, -0.25) is 9.59 Å². The number of amides is 1. The monoisotopic (exact) mass is 267 g/mol. The van der Waals surface area contributed by atoms with Crippen LogP contribution in [0.3, 0.4) is 0 Å². The molecule has 0 fully saturated rings. The van der Waals surface area contributed by atoms with Gasteiger partial charge in [-0.1, -0.05) is 0 Å². The zero-order valence-corrected chi connectivity index (χ0v) is 10.8. The Bertz CT molecular complexity index is 289. The van der Waals surface area contributed by atoms with Crippen LogP contribution < -0.4 is 0 Å². The average molecular weight is 267 g/mol. The van der Waals surface area contributed by atoms with Gasteiger partial charge in [0.15, 0.2) is 0 Å². The van der Waals surface area contributed by atoms with Crippen molar-refractivity contribution in [3.63, 3.8) is 0 Å². The highest BCUT2D eigenvalue weighted by atomic mass is 19.3. The smallest absolute Gasteiger partial charge is 0.323 e. The second-order valence-corrected chi connectivity index (χ2v) is 4.76. The third kappa shape index (κ3) is 7.16. The molecule has 0 aromatic rings. The topological polar surface area (TPSA) is 66.8 Å². The summed E-state index contributed by atoms with van der Waals surface area (Å²) in [5.74, 6) is -1.55. The lowest BCUT2D eigenvalue weighted by molar-refractivity contribution is -0.149. The molecule has 0 saturated heterocycles. The third-order valence-electron chi connectivity index (χ3n) is 2.11. The number of hydrogen-bond acceptors (Lipinski definition) is 3. The van der Waals surface area contributed by atoms with Crippen LogP contribution in [0.4, 0.5) is 8.78 Å². The van der Waals surface area contributed by atoms with Crippen molar-refractivity contribution < 1.29 is 28.2 Å². The van der Waals surface area contributed by atoms with Crippen molar-refractivity contribution in [1.82, 2.24) is 4.90 Å². The van der Waals surface area contributed by atoms with Crippen molar-refractivity contribution in [2.24, 2.45) is 0 Å². The van der Waals surface area contributed by atoms with Crippen molar-refractivity contribution in [2.75, 3.05) is 19.8 Å². The first kappa shape index (κ1) is 16.8. The molecule has 0 aromatic carbocycles. The molecular formula is C11H19F2NO4. The molecule has 18 heavy (non-hydrogen) atoms. The predicted molar refractivity (Wildman–Crippen MR) is 60.5 cm³/mol. The molecule has 0 rings (SSSR count). The summed E-state index contributed by atoms with van der Waals surface area (Å²) in [4.78, 5) is 23.6. The van der Waals surface area contributed by atoms with E-state index in [9.17, 15) is 18.4 Å². The van der Waals surface area contributed by atoms with E-state index in [-0.39, 0.29) is 13.0 Å². The van der Waals surface area contributed by atoms with Crippen molar-refractivity contribution in [3.8, 4) is 0 Å². The van der Waals surface area contributed by atoms with E-state index in [0.29, 0.717) is 0 Å². The van der Waals surface area contributed by atoms with Gasteiger partial charge in [0, 0.05) is 5.54 Å². The number of carboxylic acid groups (broad SMARTS) is 1. The number of carbonyl (C=O) groups excluding carboxylic acids is 1. The van der Waals surface area contributed by atoms with Gasteiger partial charge in [0.05, 0.1) is 13.0 Å². The van der Waals surface area contributed by atoms with Crippen LogP contribution in [0.15, 0.2) is 0 Å². The van der Waals surface area contributed by atoms with Crippen molar-refractivity contribution in [3.05, 3.63) is 0 Å². The molecular weight excluding hydrogens is 248 g/mol. The standard InChI is InChI=1S/C11H19F2NO4/c1-11(2,3)14(6-10(16)17)9(15)4-5-18-7-8(12)13/h8H,4-7H2,1-3H3,(H,16,17). The van der Waals surface area contributed by atoms with Crippen LogP contribution >= 0.6 is 0 Å². The first-order chi connectivity index (χ1) is 8.14. The average Bonchev–Trinajstić information content (AvgIpc) is 2.18. The highest BCUT2D eigenvalue weighted by molar-refractivity contribution is 5.82. The normalized spacial score (nSPS) is 11.7. The van der Waals surface area contributed by atoms with E-state index >= 15 is 0 Å². The second kappa shape index (κ2) is 7.25. The van der Waals surface area contributed by atoms with E-state index in [1.807, 2.05) is 0 Å². The Labute approximate surface area is 105 Å². The van der Waals surface area contributed by atoms with Gasteiger partial charge in [-0.2, -0.15) is 0 Å². The summed E-state index contributed by atoms with van der Waals surface area (Å²) >= 11 is 0. The van der Waals surface area contributed by atoms with Gasteiger partial charge in [0.1, 0.15) is 13.2 Å². The number of nitrogens with zero attached hydrogens (tertiary/aromatic N) is 1. The molecule has 1 amide bonds. The first-order valence-corrected chi connectivity index (χ1v) is 5.52. The molecule has 0 aromatic heterocycles. The summed E-state index contributed by atoms with van der Waals surface area (Å²) in [6.07, 6.45) is -2.69. The zero-order valence-electron chi connectivity index (χ0n) is 10.8. The minimum Gasteiger partial charge on any atom is -0.480 e. The van der Waals surface area contributed by atoms with E-state index < -0.39 is 37.0 Å². The van der Waals surface area contributed by atoms with Crippen LogP contribution in [0, 0.1) is 0 Å². The minimum absolute atomic E-state index is 0.114. The number of carbonyl (C=O) groups is 2. The Morgan fingerprint density at radius 1 is 1.33 bits per heavy atom. The van der Waals surface area contributed by atoms with Gasteiger partial charge in [0.25, 0.3) is 6.43 Å². The largest absolute Gasteiger partial charge is 0.480 e. The fourth-order valence-electron chi connectivity index (χ4n) is 1.30. The van der Waals surface area contributed by atoms with Gasteiger partial charge >= 0.3 is 5.97 Å². The molecule has 0 atom stereocenters. The summed E-state index contributed by atoms with van der Waals surface area (Å²) in [7, 11) is 0. The first-order valence-electron chi connectivity index (χ1n) is 5.52. The predicted octanol–water partition coefficient (Wildman–Crippen LogP) is 1.37. The lowest BCUT2D eigenvalue weighted by atomic mass is 10.1. The van der Waals surface area contributed by atoms with Gasteiger partial charge in [0.2, 0.25) is 5.91 Å². The van der Waals surface area contributed by atoms with Gasteiger partial charge in [-0.25, -0.2) is 8.78 Å². The Kier molecular flexibility index (Phi) is 6.75. The Hall–Kier alpha value is -1.24. The van der Waals surface area contributed by atoms with Crippen LogP contribution in [0.25, 0.3) is 0 Å². The number of ether oxygens (including phenoxy) is 1. The summed E-state index contributed by atoms with van der Waals surface area (Å²) < 4.78 is 28.2. The molecule has 5 nitrogen and oxygen atoms in total. The third-order valence-corrected chi connectivity index (χ3v) is 2.11. The van der Waals surface area contributed by atoms with Crippen molar-refractivity contribution >= 4 is 11.9 Å². The van der Waals surface area contributed by atoms with Gasteiger partial charge in [-0.05, 0) is 20.8 Å². The maximum absolute atomic E-state index is 11.8. The van der Waals surface area contributed by atoms with E-state index in [1.165, 1.54) is 4.90 Å². The SMILES string of the molecule is CC(C)(C)N(CC(=O)O)C(=O)CCOCC(F)F. The summed E-state index contributed by atoms with van der Waals surface area (Å²) in [5.41, 5.74) is -0.641. The number of rotatable bonds is 7. The fourth-order valence-corrected chi connectivity index (χ4v) is 1.30. The highest BCUT2D eigenvalue weighted by Gasteiger charge is 2.27. The quantitative estimate of drug-likeness (QED) is 0.707. The molecule has 0 aliphatic rings. The molecule has 7 heteroatoms. The molecule has 0 saturated carbocycles. The fraction of sp³-hybridized carbons (Fsp3) is 0.818. The molecule has 0 radical (unpaired) electrons. The number of halogens is 2. The summed E-state index contributed by atoms with van der Waals surface area (Å²) in [6, 6.07) is 0. The second-order valence-electron chi connectivity index (χ2n) is 4.76. The van der Waals surface area contributed by atoms with Crippen molar-refractivity contribution in [2.45, 2.75) is 39.2 Å². The van der Waals surface area contributed by atoms with Crippen LogP contribution in [-0.4, -0.2) is 53.6 Å². The Balaban J connectivity index is 4.27. The van der Waals surface area contributed by atoms with Crippen LogP contribution in [0.2, 0.25) is 0 Å². The van der Waals surface area contributed by atoms with Crippen LogP contribution in [0.5, 0.6) is 0 Å². The maximum Gasteiger partial charge on any atom is 0.323 e.